The molecule has 2 fully saturated rings. The standard InChI is InChI=1S/C30H40ClN5O2/c1-29(2)27(30(3,4)28(29)38-24-12-10-21(19-32)25(31)18-24)35-26(37)22-9-11-23(34-20-22)8-6-5-7-15-36-16-13-33-14-17-36/h9-12,18,20,27-28,33H,5-8,13-17H2,1-4H3,(H,35,37)/t27-,28-. The Bertz CT molecular complexity index is 1140. The first kappa shape index (κ1) is 28.4. The summed E-state index contributed by atoms with van der Waals surface area (Å²) in [5.74, 6) is 0.500. The van der Waals surface area contributed by atoms with Crippen LogP contribution in [0.2, 0.25) is 5.02 Å². The Morgan fingerprint density at radius 2 is 1.89 bits per heavy atom. The van der Waals surface area contributed by atoms with Crippen LogP contribution in [0.5, 0.6) is 5.75 Å². The predicted molar refractivity (Wildman–Crippen MR) is 151 cm³/mol. The zero-order valence-electron chi connectivity index (χ0n) is 23.0. The molecule has 4 rings (SSSR count). The van der Waals surface area contributed by atoms with E-state index in [1.165, 1.54) is 19.4 Å². The summed E-state index contributed by atoms with van der Waals surface area (Å²) >= 11 is 6.20. The van der Waals surface area contributed by atoms with Crippen LogP contribution in [0.4, 0.5) is 0 Å². The van der Waals surface area contributed by atoms with E-state index in [4.69, 9.17) is 21.6 Å². The minimum Gasteiger partial charge on any atom is -0.489 e. The molecule has 0 spiro atoms. The van der Waals surface area contributed by atoms with Gasteiger partial charge in [0.25, 0.3) is 5.91 Å². The van der Waals surface area contributed by atoms with Crippen molar-refractivity contribution < 1.29 is 9.53 Å². The smallest absolute Gasteiger partial charge is 0.253 e. The molecule has 1 aromatic heterocycles. The number of nitrogens with zero attached hydrogens (tertiary/aromatic N) is 3. The van der Waals surface area contributed by atoms with Crippen molar-refractivity contribution in [1.82, 2.24) is 20.5 Å². The van der Waals surface area contributed by atoms with Gasteiger partial charge in [-0.15, -0.1) is 0 Å². The van der Waals surface area contributed by atoms with E-state index < -0.39 is 0 Å². The first-order valence-corrected chi connectivity index (χ1v) is 14.1. The van der Waals surface area contributed by atoms with Gasteiger partial charge >= 0.3 is 0 Å². The summed E-state index contributed by atoms with van der Waals surface area (Å²) in [6, 6.07) is 10.9. The molecule has 1 aliphatic heterocycles. The summed E-state index contributed by atoms with van der Waals surface area (Å²) in [6.45, 7) is 14.1. The summed E-state index contributed by atoms with van der Waals surface area (Å²) in [5, 5.41) is 16.1. The number of hydrogen-bond donors (Lipinski definition) is 2. The second-order valence-electron chi connectivity index (χ2n) is 11.7. The third kappa shape index (κ3) is 6.31. The lowest BCUT2D eigenvalue weighted by molar-refractivity contribution is -0.164. The second-order valence-corrected chi connectivity index (χ2v) is 12.1. The number of halogens is 1. The number of pyridine rings is 1. The lowest BCUT2D eigenvalue weighted by Gasteiger charge is -2.63. The molecule has 2 aliphatic rings. The third-order valence-electron chi connectivity index (χ3n) is 8.13. The minimum absolute atomic E-state index is 0.0864. The highest BCUT2D eigenvalue weighted by molar-refractivity contribution is 6.31. The van der Waals surface area contributed by atoms with Crippen LogP contribution in [0.25, 0.3) is 0 Å². The molecule has 0 unspecified atom stereocenters. The first-order valence-electron chi connectivity index (χ1n) is 13.7. The van der Waals surface area contributed by atoms with Gasteiger partial charge in [0.2, 0.25) is 0 Å². The van der Waals surface area contributed by atoms with Crippen LogP contribution in [0.3, 0.4) is 0 Å². The number of nitrogens with one attached hydrogen (secondary N) is 2. The van der Waals surface area contributed by atoms with Gasteiger partial charge in [-0.3, -0.25) is 9.78 Å². The average Bonchev–Trinajstić information content (AvgIpc) is 2.90. The van der Waals surface area contributed by atoms with Crippen molar-refractivity contribution in [3.8, 4) is 11.8 Å². The van der Waals surface area contributed by atoms with E-state index in [1.807, 2.05) is 12.1 Å². The number of piperazine rings is 1. The van der Waals surface area contributed by atoms with Gasteiger partial charge in [0.15, 0.2) is 0 Å². The number of aryl methyl sites for hydroxylation is 1. The molecule has 38 heavy (non-hydrogen) atoms. The van der Waals surface area contributed by atoms with Gasteiger partial charge in [-0.1, -0.05) is 45.7 Å². The summed E-state index contributed by atoms with van der Waals surface area (Å²) in [6.07, 6.45) is 6.01. The molecule has 2 heterocycles. The van der Waals surface area contributed by atoms with Crippen molar-refractivity contribution in [2.24, 2.45) is 10.8 Å². The number of aromatic nitrogens is 1. The number of amides is 1. The van der Waals surface area contributed by atoms with E-state index in [0.29, 0.717) is 21.9 Å². The monoisotopic (exact) mass is 537 g/mol. The Morgan fingerprint density at radius 1 is 1.16 bits per heavy atom. The molecule has 204 valence electrons. The first-order chi connectivity index (χ1) is 18.1. The maximum absolute atomic E-state index is 13.1. The van der Waals surface area contributed by atoms with Crippen molar-refractivity contribution in [2.75, 3.05) is 32.7 Å². The van der Waals surface area contributed by atoms with Gasteiger partial charge in [-0.05, 0) is 50.1 Å². The molecule has 2 aromatic rings. The Kier molecular flexibility index (Phi) is 8.97. The zero-order chi connectivity index (χ0) is 27.3. The summed E-state index contributed by atoms with van der Waals surface area (Å²) in [7, 11) is 0. The number of hydrogen-bond acceptors (Lipinski definition) is 6. The van der Waals surface area contributed by atoms with Crippen LogP contribution in [-0.4, -0.2) is 60.7 Å². The van der Waals surface area contributed by atoms with Crippen molar-refractivity contribution in [3.63, 3.8) is 0 Å². The SMILES string of the molecule is CC1(C)[C@H](NC(=O)c2ccc(CCCCCN3CCNCC3)nc2)C(C)(C)[C@H]1Oc1ccc(C#N)c(Cl)c1. The number of nitriles is 1. The van der Waals surface area contributed by atoms with Gasteiger partial charge in [0.05, 0.1) is 16.1 Å². The van der Waals surface area contributed by atoms with Crippen LogP contribution in [0, 0.1) is 22.2 Å². The molecular weight excluding hydrogens is 498 g/mol. The Hall–Kier alpha value is -2.66. The number of rotatable bonds is 10. The van der Waals surface area contributed by atoms with E-state index in [1.54, 1.807) is 24.4 Å². The molecule has 1 aliphatic carbocycles. The van der Waals surface area contributed by atoms with Gasteiger partial charge in [-0.2, -0.15) is 5.26 Å². The van der Waals surface area contributed by atoms with Crippen molar-refractivity contribution in [1.29, 1.82) is 5.26 Å². The summed E-state index contributed by atoms with van der Waals surface area (Å²) in [5.41, 5.74) is 1.40. The normalized spacial score (nSPS) is 22.2. The van der Waals surface area contributed by atoms with E-state index in [-0.39, 0.29) is 28.9 Å². The topological polar surface area (TPSA) is 90.3 Å². The number of ether oxygens (including phenoxy) is 1. The zero-order valence-corrected chi connectivity index (χ0v) is 23.8. The maximum Gasteiger partial charge on any atom is 0.253 e. The lowest BCUT2D eigenvalue weighted by atomic mass is 9.49. The fraction of sp³-hybridized carbons (Fsp3) is 0.567. The fourth-order valence-electron chi connectivity index (χ4n) is 6.27. The van der Waals surface area contributed by atoms with Gasteiger partial charge in [0, 0.05) is 61.0 Å². The van der Waals surface area contributed by atoms with E-state index >= 15 is 0 Å². The summed E-state index contributed by atoms with van der Waals surface area (Å²) < 4.78 is 6.32. The Labute approximate surface area is 231 Å². The largest absolute Gasteiger partial charge is 0.489 e. The number of benzene rings is 1. The van der Waals surface area contributed by atoms with Crippen molar-refractivity contribution in [2.45, 2.75) is 65.5 Å². The molecule has 0 atom stereocenters. The third-order valence-corrected chi connectivity index (χ3v) is 8.45. The van der Waals surface area contributed by atoms with Crippen LogP contribution < -0.4 is 15.4 Å². The van der Waals surface area contributed by atoms with E-state index in [9.17, 15) is 4.79 Å². The second kappa shape index (κ2) is 12.0. The highest BCUT2D eigenvalue weighted by atomic mass is 35.5. The molecule has 1 saturated carbocycles. The van der Waals surface area contributed by atoms with Crippen molar-refractivity contribution in [3.05, 3.63) is 58.4 Å². The average molecular weight is 538 g/mol. The molecular formula is C30H40ClN5O2. The number of unbranched alkanes of at least 4 members (excludes halogenated alkanes) is 2. The molecule has 8 heteroatoms. The Balaban J connectivity index is 1.26. The highest BCUT2D eigenvalue weighted by Crippen LogP contribution is 2.55. The maximum atomic E-state index is 13.1. The molecule has 2 N–H and O–H groups in total. The van der Waals surface area contributed by atoms with E-state index in [2.05, 4.69) is 54.3 Å². The quantitative estimate of drug-likeness (QED) is 0.422. The van der Waals surface area contributed by atoms with Gasteiger partial charge in [0.1, 0.15) is 17.9 Å². The van der Waals surface area contributed by atoms with Crippen LogP contribution in [0.1, 0.15) is 68.6 Å². The van der Waals surface area contributed by atoms with Gasteiger partial charge < -0.3 is 20.3 Å². The lowest BCUT2D eigenvalue weighted by Crippen LogP contribution is -2.74. The predicted octanol–water partition coefficient (Wildman–Crippen LogP) is 4.84. The van der Waals surface area contributed by atoms with Gasteiger partial charge in [-0.25, -0.2) is 0 Å². The van der Waals surface area contributed by atoms with Crippen LogP contribution >= 0.6 is 11.6 Å². The fourth-order valence-corrected chi connectivity index (χ4v) is 6.48. The molecule has 0 radical (unpaired) electrons. The minimum atomic E-state index is -0.308. The molecule has 0 bridgehead atoms. The summed E-state index contributed by atoms with van der Waals surface area (Å²) in [4.78, 5) is 20.2. The van der Waals surface area contributed by atoms with E-state index in [0.717, 1.165) is 44.7 Å². The Morgan fingerprint density at radius 3 is 2.53 bits per heavy atom. The molecule has 1 amide bonds. The molecule has 1 aromatic carbocycles. The number of carbonyl (C=O) groups is 1. The van der Waals surface area contributed by atoms with Crippen molar-refractivity contribution >= 4 is 17.5 Å². The molecule has 7 nitrogen and oxygen atoms in total. The van der Waals surface area contributed by atoms with Crippen LogP contribution in [-0.2, 0) is 6.42 Å². The van der Waals surface area contributed by atoms with Crippen LogP contribution in [0.15, 0.2) is 36.5 Å². The number of carbonyl (C=O) groups excluding carboxylic acids is 1. The highest BCUT2D eigenvalue weighted by Gasteiger charge is 2.64. The molecule has 1 saturated heterocycles.